The average Bonchev–Trinajstić information content (AvgIpc) is 3.55. The summed E-state index contributed by atoms with van der Waals surface area (Å²) in [5.74, 6) is 1.34. The summed E-state index contributed by atoms with van der Waals surface area (Å²) in [6, 6.07) is 0.517. The van der Waals surface area contributed by atoms with Crippen molar-refractivity contribution in [2.24, 2.45) is 5.92 Å². The maximum atomic E-state index is 11.9. The Labute approximate surface area is 204 Å². The van der Waals surface area contributed by atoms with E-state index >= 15 is 0 Å². The minimum atomic E-state index is 0. The average molecular weight is 438 g/mol. The predicted octanol–water partition coefficient (Wildman–Crippen LogP) is 2.24. The summed E-state index contributed by atoms with van der Waals surface area (Å²) >= 11 is 6.26. The zero-order valence-electron chi connectivity index (χ0n) is 19.1. The molecular weight excluding hydrogens is 405 g/mol. The molecule has 0 bridgehead atoms. The van der Waals surface area contributed by atoms with Gasteiger partial charge in [-0.05, 0) is 43.7 Å². The van der Waals surface area contributed by atoms with E-state index in [9.17, 15) is 10.2 Å². The van der Waals surface area contributed by atoms with E-state index < -0.39 is 0 Å². The molecule has 1 amide bonds. The normalized spacial score (nSPS) is 20.8. The van der Waals surface area contributed by atoms with Crippen LogP contribution in [-0.2, 0) is 4.79 Å². The van der Waals surface area contributed by atoms with Crippen LogP contribution in [0.3, 0.4) is 0 Å². The monoisotopic (exact) mass is 437 g/mol. The molecule has 2 fully saturated rings. The third-order valence-corrected chi connectivity index (χ3v) is 5.87. The molecule has 3 rings (SSSR count). The standard InChI is InChI=1S/C22H30ClN5O.CH3.Li/c1-2-3-4-20(29)26-17-9-11-18(12-10-17)27-22-25-14-19(23)21(28-22)16(13-24)8-7-15-5-6-15;;/h13-15,17-18H,2-7,9-12H2,1H3,(H,26,29)(H,25,27,28);1H3;/q-2;-1;+1. The van der Waals surface area contributed by atoms with E-state index in [-0.39, 0.29) is 44.3 Å². The van der Waals surface area contributed by atoms with Gasteiger partial charge >= 0.3 is 18.9 Å². The number of anilines is 1. The number of nitrogens with zero attached hydrogens (tertiary/aromatic N) is 3. The number of carbonyl (C=O) groups excluding carboxylic acids is 1. The predicted molar refractivity (Wildman–Crippen MR) is 124 cm³/mol. The number of nitrogens with one attached hydrogen (secondary N) is 2. The third kappa shape index (κ3) is 8.96. The van der Waals surface area contributed by atoms with Gasteiger partial charge in [-0.15, -0.1) is 0 Å². The van der Waals surface area contributed by atoms with Gasteiger partial charge in [-0.25, -0.2) is 11.1 Å². The Morgan fingerprint density at radius 1 is 1.26 bits per heavy atom. The fourth-order valence-electron chi connectivity index (χ4n) is 3.59. The molecular formula is C23H33ClLiN5O-2. The van der Waals surface area contributed by atoms with E-state index in [0.29, 0.717) is 34.6 Å². The number of unbranched alkanes of at least 4 members (excludes halogenated alkanes) is 1. The van der Waals surface area contributed by atoms with Gasteiger partial charge in [0.05, 0.1) is 0 Å². The van der Waals surface area contributed by atoms with Crippen molar-refractivity contribution in [2.45, 2.75) is 83.2 Å². The number of halogens is 1. The van der Waals surface area contributed by atoms with Gasteiger partial charge in [-0.3, -0.25) is 9.78 Å². The van der Waals surface area contributed by atoms with Gasteiger partial charge in [0.15, 0.2) is 0 Å². The second-order valence-corrected chi connectivity index (χ2v) is 8.53. The first-order valence-corrected chi connectivity index (χ1v) is 11.1. The molecule has 0 unspecified atom stereocenters. The van der Waals surface area contributed by atoms with Crippen LogP contribution in [0.15, 0.2) is 6.20 Å². The molecule has 1 heterocycles. The molecule has 0 atom stereocenters. The molecule has 31 heavy (non-hydrogen) atoms. The molecule has 2 aliphatic rings. The van der Waals surface area contributed by atoms with Crippen LogP contribution in [0.5, 0.6) is 0 Å². The van der Waals surface area contributed by atoms with Crippen LogP contribution in [0.25, 0.3) is 11.0 Å². The van der Waals surface area contributed by atoms with Crippen LogP contribution < -0.4 is 29.5 Å². The van der Waals surface area contributed by atoms with E-state index in [4.69, 9.17) is 11.6 Å². The Morgan fingerprint density at radius 2 is 1.94 bits per heavy atom. The number of hydrogen-bond donors (Lipinski definition) is 2. The van der Waals surface area contributed by atoms with Crippen LogP contribution >= 0.6 is 11.6 Å². The van der Waals surface area contributed by atoms with Gasteiger partial charge in [0.2, 0.25) is 11.9 Å². The van der Waals surface area contributed by atoms with E-state index in [1.807, 2.05) is 0 Å². The summed E-state index contributed by atoms with van der Waals surface area (Å²) < 4.78 is 0. The van der Waals surface area contributed by atoms with Crippen molar-refractivity contribution >= 4 is 35.2 Å². The van der Waals surface area contributed by atoms with Gasteiger partial charge in [0, 0.05) is 29.7 Å². The second-order valence-electron chi connectivity index (χ2n) is 8.12. The number of carbonyl (C=O) groups is 1. The van der Waals surface area contributed by atoms with Gasteiger partial charge in [-0.2, -0.15) is 5.57 Å². The third-order valence-electron chi connectivity index (χ3n) is 5.59. The quantitative estimate of drug-likeness (QED) is 0.334. The Hall–Kier alpha value is -1.35. The van der Waals surface area contributed by atoms with Crippen molar-refractivity contribution in [3.8, 4) is 0 Å². The first-order chi connectivity index (χ1) is 14.1. The van der Waals surface area contributed by atoms with Crippen LogP contribution in [0.4, 0.5) is 5.95 Å². The molecule has 6 nitrogen and oxygen atoms in total. The molecule has 1 aromatic rings. The molecule has 2 N–H and O–H groups in total. The van der Waals surface area contributed by atoms with Crippen molar-refractivity contribution in [3.63, 3.8) is 0 Å². The fraction of sp³-hybridized carbons (Fsp3) is 0.609. The molecule has 0 saturated heterocycles. The summed E-state index contributed by atoms with van der Waals surface area (Å²) in [5, 5.41) is 16.5. The molecule has 2 aliphatic carbocycles. The molecule has 0 radical (unpaired) electrons. The van der Waals surface area contributed by atoms with Crippen LogP contribution in [0.1, 0.15) is 76.8 Å². The SMILES string of the molecule is CCCCC(=O)NC1CCC(Nc2ncc(Cl)c(C(=[C-]CC3CC3)C=[N-])n2)CC1.[CH3-].[Li+]. The molecule has 0 spiro atoms. The number of rotatable bonds is 10. The van der Waals surface area contributed by atoms with Gasteiger partial charge in [-0.1, -0.05) is 44.2 Å². The van der Waals surface area contributed by atoms with Crippen LogP contribution in [0, 0.1) is 19.4 Å². The van der Waals surface area contributed by atoms with Crippen molar-refractivity contribution in [3.05, 3.63) is 35.8 Å². The van der Waals surface area contributed by atoms with E-state index in [0.717, 1.165) is 51.2 Å². The maximum Gasteiger partial charge on any atom is 1.00 e. The smallest absolute Gasteiger partial charge is 0.879 e. The zero-order valence-corrected chi connectivity index (χ0v) is 19.8. The number of aromatic nitrogens is 2. The minimum Gasteiger partial charge on any atom is -0.879 e. The summed E-state index contributed by atoms with van der Waals surface area (Å²) in [5.41, 5.74) is 1.02. The Morgan fingerprint density at radius 3 is 2.55 bits per heavy atom. The molecule has 166 valence electrons. The summed E-state index contributed by atoms with van der Waals surface area (Å²) in [7, 11) is 0. The van der Waals surface area contributed by atoms with Crippen molar-refractivity contribution in [2.75, 3.05) is 5.32 Å². The van der Waals surface area contributed by atoms with Gasteiger partial charge in [0.1, 0.15) is 0 Å². The van der Waals surface area contributed by atoms with Crippen LogP contribution in [-0.4, -0.2) is 34.2 Å². The molecule has 2 saturated carbocycles. The van der Waals surface area contributed by atoms with Crippen molar-refractivity contribution in [1.82, 2.24) is 15.3 Å². The number of allylic oxidation sites excluding steroid dienone is 2. The van der Waals surface area contributed by atoms with Crippen molar-refractivity contribution < 1.29 is 23.7 Å². The topological polar surface area (TPSA) is 89.2 Å². The number of amides is 1. The Bertz CT molecular complexity index is 745. The molecule has 0 aliphatic heterocycles. The summed E-state index contributed by atoms with van der Waals surface area (Å²) in [6.07, 6.45) is 15.4. The van der Waals surface area contributed by atoms with E-state index in [1.54, 1.807) is 6.20 Å². The van der Waals surface area contributed by atoms with Gasteiger partial charge in [0.25, 0.3) is 0 Å². The largest absolute Gasteiger partial charge is 1.00 e. The first kappa shape index (κ1) is 27.7. The summed E-state index contributed by atoms with van der Waals surface area (Å²) in [6.45, 7) is 2.09. The summed E-state index contributed by atoms with van der Waals surface area (Å²) in [4.78, 5) is 20.7. The van der Waals surface area contributed by atoms with Crippen LogP contribution in [0.2, 0.25) is 5.02 Å². The maximum absolute atomic E-state index is 11.9. The first-order valence-electron chi connectivity index (χ1n) is 10.8. The Balaban J connectivity index is 0.00000240. The fourth-order valence-corrected chi connectivity index (χ4v) is 3.79. The zero-order chi connectivity index (χ0) is 20.6. The molecule has 8 heteroatoms. The van der Waals surface area contributed by atoms with Gasteiger partial charge < -0.3 is 29.7 Å². The second kappa shape index (κ2) is 13.9. The minimum absolute atomic E-state index is 0. The Kier molecular flexibility index (Phi) is 12.4. The van der Waals surface area contributed by atoms with Crippen molar-refractivity contribution in [1.29, 1.82) is 0 Å². The van der Waals surface area contributed by atoms with E-state index in [1.165, 1.54) is 12.8 Å². The van der Waals surface area contributed by atoms with E-state index in [2.05, 4.69) is 33.6 Å². The molecule has 1 aromatic heterocycles. The molecule has 0 aromatic carbocycles. The number of hydrogen-bond acceptors (Lipinski definition) is 4.